The third kappa shape index (κ3) is 3.81. The van der Waals surface area contributed by atoms with E-state index < -0.39 is 15.8 Å². The summed E-state index contributed by atoms with van der Waals surface area (Å²) in [5.74, 6) is -1.13. The van der Waals surface area contributed by atoms with E-state index >= 15 is 0 Å². The largest absolute Gasteiger partial charge is 0.478 e. The van der Waals surface area contributed by atoms with Gasteiger partial charge in [0.2, 0.25) is 5.91 Å². The normalized spacial score (nSPS) is 20.1. The standard InChI is InChI=1S/C14H17NO5S/c1-15(12-5-6-21(19,20)9-12)13(16)8-10-3-2-4-11(7-10)14(17)18/h2-4,7,12H,5-6,8-9H2,1H3,(H,17,18). The monoisotopic (exact) mass is 311 g/mol. The first-order valence-corrected chi connectivity index (χ1v) is 8.39. The van der Waals surface area contributed by atoms with E-state index in [4.69, 9.17) is 5.11 Å². The molecule has 0 aromatic heterocycles. The van der Waals surface area contributed by atoms with E-state index in [1.165, 1.54) is 17.0 Å². The predicted molar refractivity (Wildman–Crippen MR) is 76.9 cm³/mol. The molecule has 7 heteroatoms. The van der Waals surface area contributed by atoms with Crippen molar-refractivity contribution in [3.8, 4) is 0 Å². The number of benzene rings is 1. The average Bonchev–Trinajstić information content (AvgIpc) is 2.78. The van der Waals surface area contributed by atoms with E-state index in [2.05, 4.69) is 0 Å². The van der Waals surface area contributed by atoms with Crippen LogP contribution < -0.4 is 0 Å². The maximum atomic E-state index is 12.2. The van der Waals surface area contributed by atoms with E-state index in [9.17, 15) is 18.0 Å². The number of aromatic carboxylic acids is 1. The maximum Gasteiger partial charge on any atom is 0.335 e. The van der Waals surface area contributed by atoms with Crippen LogP contribution in [0, 0.1) is 0 Å². The molecule has 0 bridgehead atoms. The number of carbonyl (C=O) groups is 2. The fourth-order valence-electron chi connectivity index (χ4n) is 2.40. The van der Waals surface area contributed by atoms with Crippen molar-refractivity contribution in [2.45, 2.75) is 18.9 Å². The Bertz CT molecular complexity index is 668. The van der Waals surface area contributed by atoms with Crippen LogP contribution in [0.1, 0.15) is 22.3 Å². The second-order valence-electron chi connectivity index (χ2n) is 5.24. The molecule has 1 amide bonds. The molecule has 1 aliphatic heterocycles. The van der Waals surface area contributed by atoms with Gasteiger partial charge in [0.05, 0.1) is 23.5 Å². The minimum atomic E-state index is -3.04. The van der Waals surface area contributed by atoms with Crippen molar-refractivity contribution in [2.24, 2.45) is 0 Å². The van der Waals surface area contributed by atoms with Gasteiger partial charge in [-0.2, -0.15) is 0 Å². The Morgan fingerprint density at radius 2 is 2.10 bits per heavy atom. The van der Waals surface area contributed by atoms with Gasteiger partial charge in [0.15, 0.2) is 9.84 Å². The van der Waals surface area contributed by atoms with Crippen molar-refractivity contribution in [1.82, 2.24) is 4.90 Å². The van der Waals surface area contributed by atoms with Crippen LogP contribution in [0.2, 0.25) is 0 Å². The molecule has 114 valence electrons. The average molecular weight is 311 g/mol. The number of amides is 1. The van der Waals surface area contributed by atoms with Gasteiger partial charge < -0.3 is 10.0 Å². The van der Waals surface area contributed by atoms with Crippen LogP contribution in [0.5, 0.6) is 0 Å². The molecule has 0 radical (unpaired) electrons. The first-order valence-electron chi connectivity index (χ1n) is 6.57. The maximum absolute atomic E-state index is 12.2. The number of rotatable bonds is 4. The van der Waals surface area contributed by atoms with Crippen molar-refractivity contribution >= 4 is 21.7 Å². The summed E-state index contributed by atoms with van der Waals surface area (Å²) < 4.78 is 22.9. The molecule has 1 saturated heterocycles. The summed E-state index contributed by atoms with van der Waals surface area (Å²) in [6.45, 7) is 0. The molecule has 2 rings (SSSR count). The molecule has 21 heavy (non-hydrogen) atoms. The molecule has 6 nitrogen and oxygen atoms in total. The number of hydrogen-bond donors (Lipinski definition) is 1. The second-order valence-corrected chi connectivity index (χ2v) is 7.47. The topological polar surface area (TPSA) is 91.8 Å². The van der Waals surface area contributed by atoms with Gasteiger partial charge in [-0.05, 0) is 24.1 Å². The third-order valence-electron chi connectivity index (χ3n) is 3.68. The summed E-state index contributed by atoms with van der Waals surface area (Å²) in [6, 6.07) is 5.91. The predicted octanol–water partition coefficient (Wildman–Crippen LogP) is 0.573. The highest BCUT2D eigenvalue weighted by Gasteiger charge is 2.32. The van der Waals surface area contributed by atoms with Crippen LogP contribution in [0.3, 0.4) is 0 Å². The summed E-state index contributed by atoms with van der Waals surface area (Å²) in [4.78, 5) is 24.5. The first-order chi connectivity index (χ1) is 9.78. The van der Waals surface area contributed by atoms with Crippen molar-refractivity contribution < 1.29 is 23.1 Å². The molecular weight excluding hydrogens is 294 g/mol. The number of carbonyl (C=O) groups excluding carboxylic acids is 1. The SMILES string of the molecule is CN(C(=O)Cc1cccc(C(=O)O)c1)C1CCS(=O)(=O)C1. The van der Waals surface area contributed by atoms with Crippen molar-refractivity contribution in [2.75, 3.05) is 18.6 Å². The molecule has 1 heterocycles. The minimum Gasteiger partial charge on any atom is -0.478 e. The zero-order valence-electron chi connectivity index (χ0n) is 11.7. The molecule has 1 N–H and O–H groups in total. The van der Waals surface area contributed by atoms with Gasteiger partial charge in [-0.15, -0.1) is 0 Å². The van der Waals surface area contributed by atoms with Crippen LogP contribution in [0.4, 0.5) is 0 Å². The Morgan fingerprint density at radius 3 is 2.67 bits per heavy atom. The van der Waals surface area contributed by atoms with Crippen LogP contribution in [-0.2, 0) is 21.1 Å². The van der Waals surface area contributed by atoms with E-state index in [1.54, 1.807) is 19.2 Å². The smallest absolute Gasteiger partial charge is 0.335 e. The number of hydrogen-bond acceptors (Lipinski definition) is 4. The fraction of sp³-hybridized carbons (Fsp3) is 0.429. The zero-order chi connectivity index (χ0) is 15.6. The van der Waals surface area contributed by atoms with E-state index in [1.807, 2.05) is 0 Å². The third-order valence-corrected chi connectivity index (χ3v) is 5.43. The van der Waals surface area contributed by atoms with Crippen LogP contribution in [-0.4, -0.2) is 54.9 Å². The lowest BCUT2D eigenvalue weighted by molar-refractivity contribution is -0.130. The number of likely N-dealkylation sites (N-methyl/N-ethyl adjacent to an activating group) is 1. The summed E-state index contributed by atoms with van der Waals surface area (Å²) >= 11 is 0. The quantitative estimate of drug-likeness (QED) is 0.878. The molecular formula is C14H17NO5S. The molecule has 0 aliphatic carbocycles. The van der Waals surface area contributed by atoms with E-state index in [0.29, 0.717) is 12.0 Å². The summed E-state index contributed by atoms with van der Waals surface area (Å²) in [7, 11) is -1.44. The van der Waals surface area contributed by atoms with Crippen molar-refractivity contribution in [3.05, 3.63) is 35.4 Å². The lowest BCUT2D eigenvalue weighted by Crippen LogP contribution is -2.38. The van der Waals surface area contributed by atoms with Gasteiger partial charge in [0.1, 0.15) is 0 Å². The highest BCUT2D eigenvalue weighted by molar-refractivity contribution is 7.91. The Morgan fingerprint density at radius 1 is 1.38 bits per heavy atom. The summed E-state index contributed by atoms with van der Waals surface area (Å²) in [5, 5.41) is 8.92. The van der Waals surface area contributed by atoms with Crippen molar-refractivity contribution in [3.63, 3.8) is 0 Å². The number of carboxylic acids is 1. The van der Waals surface area contributed by atoms with E-state index in [-0.39, 0.29) is 35.4 Å². The van der Waals surface area contributed by atoms with Gasteiger partial charge in [0.25, 0.3) is 0 Å². The molecule has 1 aliphatic rings. The van der Waals surface area contributed by atoms with Gasteiger partial charge in [-0.1, -0.05) is 12.1 Å². The molecule has 1 fully saturated rings. The lowest BCUT2D eigenvalue weighted by atomic mass is 10.1. The number of carboxylic acid groups (broad SMARTS) is 1. The number of nitrogens with zero attached hydrogens (tertiary/aromatic N) is 1. The second kappa shape index (κ2) is 5.85. The van der Waals surface area contributed by atoms with Gasteiger partial charge >= 0.3 is 5.97 Å². The Hall–Kier alpha value is -1.89. The Labute approximate surface area is 123 Å². The Balaban J connectivity index is 2.04. The van der Waals surface area contributed by atoms with Gasteiger partial charge in [-0.3, -0.25) is 4.79 Å². The molecule has 1 unspecified atom stereocenters. The van der Waals surface area contributed by atoms with Gasteiger partial charge in [-0.25, -0.2) is 13.2 Å². The first kappa shape index (κ1) is 15.5. The lowest BCUT2D eigenvalue weighted by Gasteiger charge is -2.23. The molecule has 1 aromatic rings. The molecule has 1 atom stereocenters. The van der Waals surface area contributed by atoms with Crippen LogP contribution in [0.15, 0.2) is 24.3 Å². The highest BCUT2D eigenvalue weighted by atomic mass is 32.2. The number of sulfone groups is 1. The summed E-state index contributed by atoms with van der Waals surface area (Å²) in [5.41, 5.74) is 0.735. The van der Waals surface area contributed by atoms with Crippen molar-refractivity contribution in [1.29, 1.82) is 0 Å². The van der Waals surface area contributed by atoms with Gasteiger partial charge in [0, 0.05) is 13.1 Å². The fourth-order valence-corrected chi connectivity index (χ4v) is 4.17. The Kier molecular flexibility index (Phi) is 4.32. The summed E-state index contributed by atoms with van der Waals surface area (Å²) in [6.07, 6.45) is 0.522. The van der Waals surface area contributed by atoms with Crippen LogP contribution >= 0.6 is 0 Å². The molecule has 1 aromatic carbocycles. The van der Waals surface area contributed by atoms with Crippen LogP contribution in [0.25, 0.3) is 0 Å². The van der Waals surface area contributed by atoms with E-state index in [0.717, 1.165) is 0 Å². The molecule has 0 saturated carbocycles. The highest BCUT2D eigenvalue weighted by Crippen LogP contribution is 2.17. The zero-order valence-corrected chi connectivity index (χ0v) is 12.5. The molecule has 0 spiro atoms. The minimum absolute atomic E-state index is 0.00437.